The van der Waals surface area contributed by atoms with Gasteiger partial charge in [0.05, 0.1) is 12.6 Å². The number of methoxy groups -OCH3 is 1. The van der Waals surface area contributed by atoms with E-state index in [4.69, 9.17) is 19.4 Å². The highest BCUT2D eigenvalue weighted by Gasteiger charge is 2.25. The Morgan fingerprint density at radius 2 is 1.43 bits per heavy atom. The first-order valence-corrected chi connectivity index (χ1v) is 16.2. The molecule has 0 saturated carbocycles. The number of ether oxygens (including phenoxy) is 2. The van der Waals surface area contributed by atoms with Gasteiger partial charge in [0.15, 0.2) is 11.5 Å². The van der Waals surface area contributed by atoms with Gasteiger partial charge in [-0.25, -0.2) is 9.97 Å². The normalized spacial score (nSPS) is 16.0. The fourth-order valence-electron chi connectivity index (χ4n) is 6.33. The number of rotatable bonds is 10. The number of hydrogen-bond acceptors (Lipinski definition) is 9. The molecule has 1 N–H and O–H groups in total. The zero-order valence-corrected chi connectivity index (χ0v) is 26.4. The second kappa shape index (κ2) is 14.0. The summed E-state index contributed by atoms with van der Waals surface area (Å²) in [4.78, 5) is 21.9. The van der Waals surface area contributed by atoms with Gasteiger partial charge in [0, 0.05) is 69.5 Å². The maximum absolute atomic E-state index is 6.28. The predicted molar refractivity (Wildman–Crippen MR) is 184 cm³/mol. The van der Waals surface area contributed by atoms with Gasteiger partial charge < -0.3 is 24.6 Å². The van der Waals surface area contributed by atoms with Gasteiger partial charge in [-0.05, 0) is 42.2 Å². The Morgan fingerprint density at radius 1 is 0.739 bits per heavy atom. The van der Waals surface area contributed by atoms with Crippen LogP contribution in [0.5, 0.6) is 11.5 Å². The summed E-state index contributed by atoms with van der Waals surface area (Å²) in [5, 5.41) is 4.77. The molecule has 0 bridgehead atoms. The minimum atomic E-state index is 0.318. The molecular formula is C37H41N7O2. The molecule has 2 fully saturated rings. The number of aromatic nitrogens is 3. The summed E-state index contributed by atoms with van der Waals surface area (Å²) in [5.41, 5.74) is 3.30. The number of fused-ring (bicyclic) bond motifs is 1. The summed E-state index contributed by atoms with van der Waals surface area (Å²) < 4.78 is 12.1. The number of benzene rings is 3. The molecule has 46 heavy (non-hydrogen) atoms. The van der Waals surface area contributed by atoms with Gasteiger partial charge in [-0.1, -0.05) is 66.7 Å². The highest BCUT2D eigenvalue weighted by molar-refractivity contribution is 5.93. The molecule has 0 aliphatic carbocycles. The van der Waals surface area contributed by atoms with Crippen LogP contribution in [0.3, 0.4) is 0 Å². The number of nitrogens with one attached hydrogen (secondary N) is 1. The summed E-state index contributed by atoms with van der Waals surface area (Å²) >= 11 is 0. The first-order chi connectivity index (χ1) is 22.7. The van der Waals surface area contributed by atoms with E-state index in [-0.39, 0.29) is 0 Å². The van der Waals surface area contributed by atoms with Crippen LogP contribution >= 0.6 is 0 Å². The van der Waals surface area contributed by atoms with Crippen LogP contribution in [0.2, 0.25) is 0 Å². The predicted octanol–water partition coefficient (Wildman–Crippen LogP) is 6.02. The zero-order valence-electron chi connectivity index (χ0n) is 26.4. The average Bonchev–Trinajstić information content (AvgIpc) is 3.12. The lowest BCUT2D eigenvalue weighted by molar-refractivity contribution is 0.211. The monoisotopic (exact) mass is 615 g/mol. The van der Waals surface area contributed by atoms with Crippen LogP contribution in [0.1, 0.15) is 24.0 Å². The Bertz CT molecular complexity index is 1710. The number of piperidine rings is 1. The third-order valence-corrected chi connectivity index (χ3v) is 8.92. The van der Waals surface area contributed by atoms with Crippen molar-refractivity contribution in [3.8, 4) is 11.5 Å². The van der Waals surface area contributed by atoms with Crippen molar-refractivity contribution in [3.63, 3.8) is 0 Å². The minimum Gasteiger partial charge on any atom is -0.493 e. The molecule has 0 atom stereocenters. The summed E-state index contributed by atoms with van der Waals surface area (Å²) in [5.74, 6) is 3.93. The molecule has 236 valence electrons. The van der Waals surface area contributed by atoms with E-state index in [1.807, 2.05) is 48.7 Å². The molecule has 0 spiro atoms. The SMILES string of the molecule is COc1cc2c(NC3CCN(Cc4ccccc4)CC3)nc(N3CCN(c4ccccn4)CC3)nc2cc1OCc1ccccc1. The molecule has 2 aromatic heterocycles. The molecule has 7 rings (SSSR count). The minimum absolute atomic E-state index is 0.318. The third-order valence-electron chi connectivity index (χ3n) is 8.92. The summed E-state index contributed by atoms with van der Waals surface area (Å²) in [7, 11) is 1.68. The van der Waals surface area contributed by atoms with Crippen LogP contribution in [0, 0.1) is 0 Å². The van der Waals surface area contributed by atoms with Gasteiger partial charge in [0.1, 0.15) is 18.2 Å². The van der Waals surface area contributed by atoms with E-state index in [9.17, 15) is 0 Å². The van der Waals surface area contributed by atoms with Crippen molar-refractivity contribution in [1.29, 1.82) is 0 Å². The van der Waals surface area contributed by atoms with Crippen molar-refractivity contribution in [2.45, 2.75) is 32.0 Å². The van der Waals surface area contributed by atoms with Gasteiger partial charge in [-0.15, -0.1) is 0 Å². The van der Waals surface area contributed by atoms with Crippen LogP contribution < -0.4 is 24.6 Å². The molecule has 9 heteroatoms. The Morgan fingerprint density at radius 3 is 2.13 bits per heavy atom. The van der Waals surface area contributed by atoms with E-state index in [0.717, 1.165) is 92.7 Å². The lowest BCUT2D eigenvalue weighted by atomic mass is 10.0. The Balaban J connectivity index is 1.13. The maximum atomic E-state index is 6.28. The first-order valence-electron chi connectivity index (χ1n) is 16.2. The Labute approximate surface area is 270 Å². The van der Waals surface area contributed by atoms with Crippen molar-refractivity contribution in [2.24, 2.45) is 0 Å². The smallest absolute Gasteiger partial charge is 0.228 e. The Hall–Kier alpha value is -4.89. The summed E-state index contributed by atoms with van der Waals surface area (Å²) in [6.07, 6.45) is 3.95. The molecule has 0 unspecified atom stereocenters. The number of nitrogens with zero attached hydrogens (tertiary/aromatic N) is 6. The number of piperazine rings is 1. The summed E-state index contributed by atoms with van der Waals surface area (Å²) in [6, 6.07) is 31.3. The summed E-state index contributed by atoms with van der Waals surface area (Å²) in [6.45, 7) is 6.85. The van der Waals surface area contributed by atoms with Crippen molar-refractivity contribution < 1.29 is 9.47 Å². The molecule has 0 amide bonds. The van der Waals surface area contributed by atoms with Gasteiger partial charge >= 0.3 is 0 Å². The second-order valence-corrected chi connectivity index (χ2v) is 12.0. The topological polar surface area (TPSA) is 78.9 Å². The van der Waals surface area contributed by atoms with Crippen LogP contribution in [-0.4, -0.2) is 72.3 Å². The van der Waals surface area contributed by atoms with Gasteiger partial charge in [-0.2, -0.15) is 4.98 Å². The van der Waals surface area contributed by atoms with Crippen LogP contribution in [0.4, 0.5) is 17.6 Å². The first kappa shape index (κ1) is 29.8. The van der Waals surface area contributed by atoms with Crippen LogP contribution in [0.25, 0.3) is 10.9 Å². The van der Waals surface area contributed by atoms with Crippen molar-refractivity contribution in [2.75, 3.05) is 61.5 Å². The molecule has 3 aromatic carbocycles. The van der Waals surface area contributed by atoms with Crippen LogP contribution in [-0.2, 0) is 13.2 Å². The van der Waals surface area contributed by atoms with E-state index >= 15 is 0 Å². The van der Waals surface area contributed by atoms with Crippen LogP contribution in [0.15, 0.2) is 97.2 Å². The van der Waals surface area contributed by atoms with Gasteiger partial charge in [0.2, 0.25) is 5.95 Å². The Kier molecular flexibility index (Phi) is 9.09. The van der Waals surface area contributed by atoms with Crippen molar-refractivity contribution in [3.05, 3.63) is 108 Å². The fraction of sp³-hybridized carbons (Fsp3) is 0.324. The highest BCUT2D eigenvalue weighted by atomic mass is 16.5. The van der Waals surface area contributed by atoms with E-state index < -0.39 is 0 Å². The molecular weight excluding hydrogens is 574 g/mol. The molecule has 2 saturated heterocycles. The number of pyridine rings is 1. The highest BCUT2D eigenvalue weighted by Crippen LogP contribution is 2.36. The fourth-order valence-corrected chi connectivity index (χ4v) is 6.33. The van der Waals surface area contributed by atoms with E-state index in [0.29, 0.717) is 24.1 Å². The standard InChI is InChI=1S/C37H41N7O2/c1-45-33-24-31-32(25-34(33)46-27-29-12-6-3-7-13-29)40-37(44-22-20-43(21-23-44)35-14-8-9-17-38-35)41-36(31)39-30-15-18-42(19-16-30)26-28-10-4-2-5-11-28/h2-14,17,24-25,30H,15-16,18-23,26-27H2,1H3,(H,39,40,41). The number of hydrogen-bond donors (Lipinski definition) is 1. The lowest BCUT2D eigenvalue weighted by Crippen LogP contribution is -2.47. The third kappa shape index (κ3) is 7.00. The van der Waals surface area contributed by atoms with Crippen molar-refractivity contribution in [1.82, 2.24) is 19.9 Å². The van der Waals surface area contributed by atoms with E-state index in [1.165, 1.54) is 5.56 Å². The molecule has 2 aliphatic rings. The lowest BCUT2D eigenvalue weighted by Gasteiger charge is -2.36. The number of likely N-dealkylation sites (tertiary alicyclic amines) is 1. The second-order valence-electron chi connectivity index (χ2n) is 12.0. The van der Waals surface area contributed by atoms with Crippen molar-refractivity contribution >= 4 is 28.5 Å². The number of anilines is 3. The molecule has 2 aliphatic heterocycles. The zero-order chi connectivity index (χ0) is 31.1. The quantitative estimate of drug-likeness (QED) is 0.203. The molecule has 5 aromatic rings. The molecule has 9 nitrogen and oxygen atoms in total. The van der Waals surface area contributed by atoms with Gasteiger partial charge in [0.25, 0.3) is 0 Å². The molecule has 0 radical (unpaired) electrons. The molecule has 4 heterocycles. The van der Waals surface area contributed by atoms with E-state index in [2.05, 4.69) is 73.5 Å². The largest absolute Gasteiger partial charge is 0.493 e. The average molecular weight is 616 g/mol. The maximum Gasteiger partial charge on any atom is 0.228 e. The van der Waals surface area contributed by atoms with E-state index in [1.54, 1.807) is 7.11 Å². The van der Waals surface area contributed by atoms with Gasteiger partial charge in [-0.3, -0.25) is 4.90 Å².